The smallest absolute Gasteiger partial charge is 0.231 e. The van der Waals surface area contributed by atoms with Gasteiger partial charge < -0.3 is 14.6 Å². The van der Waals surface area contributed by atoms with Crippen LogP contribution in [0, 0.1) is 5.41 Å². The van der Waals surface area contributed by atoms with Gasteiger partial charge >= 0.3 is 0 Å². The van der Waals surface area contributed by atoms with Crippen LogP contribution in [0.3, 0.4) is 0 Å². The normalized spacial score (nSPS) is 18.0. The number of amides is 1. The molecule has 0 saturated heterocycles. The van der Waals surface area contributed by atoms with E-state index in [1.54, 1.807) is 7.11 Å². The first-order valence-electron chi connectivity index (χ1n) is 7.91. The van der Waals surface area contributed by atoms with Gasteiger partial charge in [0.05, 0.1) is 18.1 Å². The van der Waals surface area contributed by atoms with Gasteiger partial charge in [0.1, 0.15) is 0 Å². The SMILES string of the molecule is COCC1(C(=O)N(C)[C@@H](C)c2cc3ccccc3[nH]2)CCC1. The molecule has 1 aromatic heterocycles. The molecule has 1 saturated carbocycles. The lowest BCUT2D eigenvalue weighted by molar-refractivity contribution is -0.152. The van der Waals surface area contributed by atoms with E-state index in [2.05, 4.69) is 30.1 Å². The Bertz CT molecular complexity index is 640. The number of H-pyrrole nitrogens is 1. The predicted molar refractivity (Wildman–Crippen MR) is 87.6 cm³/mol. The molecule has 118 valence electrons. The van der Waals surface area contributed by atoms with Crippen LogP contribution in [0.15, 0.2) is 30.3 Å². The highest BCUT2D eigenvalue weighted by Gasteiger charge is 2.46. The number of methoxy groups -OCH3 is 1. The maximum absolute atomic E-state index is 12.9. The van der Waals surface area contributed by atoms with E-state index >= 15 is 0 Å². The molecule has 0 spiro atoms. The minimum atomic E-state index is -0.302. The number of aromatic nitrogens is 1. The van der Waals surface area contributed by atoms with Crippen LogP contribution in [0.5, 0.6) is 0 Å². The van der Waals surface area contributed by atoms with Gasteiger partial charge in [-0.25, -0.2) is 0 Å². The fourth-order valence-corrected chi connectivity index (χ4v) is 3.38. The summed E-state index contributed by atoms with van der Waals surface area (Å²) in [5.74, 6) is 0.201. The first-order valence-corrected chi connectivity index (χ1v) is 7.91. The average Bonchev–Trinajstić information content (AvgIpc) is 2.92. The molecule has 1 aliphatic carbocycles. The molecule has 22 heavy (non-hydrogen) atoms. The quantitative estimate of drug-likeness (QED) is 0.918. The van der Waals surface area contributed by atoms with Gasteiger partial charge in [-0.1, -0.05) is 24.6 Å². The Kier molecular flexibility index (Phi) is 3.96. The highest BCUT2D eigenvalue weighted by atomic mass is 16.5. The molecule has 1 amide bonds. The van der Waals surface area contributed by atoms with Crippen LogP contribution in [0.1, 0.15) is 37.9 Å². The molecule has 0 unspecified atom stereocenters. The maximum Gasteiger partial charge on any atom is 0.231 e. The number of benzene rings is 1. The second-order valence-corrected chi connectivity index (χ2v) is 6.47. The van der Waals surface area contributed by atoms with Crippen LogP contribution < -0.4 is 0 Å². The van der Waals surface area contributed by atoms with Crippen molar-refractivity contribution in [3.8, 4) is 0 Å². The van der Waals surface area contributed by atoms with Crippen molar-refractivity contribution in [3.63, 3.8) is 0 Å². The molecule has 3 rings (SSSR count). The number of aromatic amines is 1. The largest absolute Gasteiger partial charge is 0.384 e. The third-order valence-corrected chi connectivity index (χ3v) is 5.09. The second kappa shape index (κ2) is 5.76. The number of carbonyl (C=O) groups excluding carboxylic acids is 1. The fraction of sp³-hybridized carbons (Fsp3) is 0.500. The summed E-state index contributed by atoms with van der Waals surface area (Å²) < 4.78 is 5.30. The Balaban J connectivity index is 1.81. The molecule has 0 bridgehead atoms. The van der Waals surface area contributed by atoms with Gasteiger partial charge in [0.25, 0.3) is 0 Å². The second-order valence-electron chi connectivity index (χ2n) is 6.47. The third-order valence-electron chi connectivity index (χ3n) is 5.09. The van der Waals surface area contributed by atoms with Gasteiger partial charge in [0, 0.05) is 25.4 Å². The van der Waals surface area contributed by atoms with E-state index in [0.29, 0.717) is 6.61 Å². The molecule has 0 radical (unpaired) electrons. The van der Waals surface area contributed by atoms with Crippen molar-refractivity contribution >= 4 is 16.8 Å². The number of rotatable bonds is 5. The highest BCUT2D eigenvalue weighted by molar-refractivity contribution is 5.84. The zero-order valence-corrected chi connectivity index (χ0v) is 13.6. The Hall–Kier alpha value is -1.81. The van der Waals surface area contributed by atoms with Crippen LogP contribution in [-0.2, 0) is 9.53 Å². The first kappa shape index (κ1) is 15.1. The van der Waals surface area contributed by atoms with E-state index in [9.17, 15) is 4.79 Å². The van der Waals surface area contributed by atoms with Gasteiger partial charge in [0.15, 0.2) is 0 Å². The lowest BCUT2D eigenvalue weighted by Crippen LogP contribution is -2.49. The molecule has 1 aliphatic rings. The van der Waals surface area contributed by atoms with Gasteiger partial charge in [-0.3, -0.25) is 4.79 Å². The fourth-order valence-electron chi connectivity index (χ4n) is 3.38. The van der Waals surface area contributed by atoms with Gasteiger partial charge in [0.2, 0.25) is 5.91 Å². The van der Waals surface area contributed by atoms with Crippen LogP contribution in [0.2, 0.25) is 0 Å². The van der Waals surface area contributed by atoms with Crippen molar-refractivity contribution in [2.45, 2.75) is 32.2 Å². The Morgan fingerprint density at radius 3 is 2.73 bits per heavy atom. The zero-order chi connectivity index (χ0) is 15.7. The number of ether oxygens (including phenoxy) is 1. The van der Waals surface area contributed by atoms with Gasteiger partial charge in [-0.05, 0) is 37.3 Å². The molecular weight excluding hydrogens is 276 g/mol. The topological polar surface area (TPSA) is 45.3 Å². The van der Waals surface area contributed by atoms with Crippen molar-refractivity contribution < 1.29 is 9.53 Å². The standard InChI is InChI=1S/C18H24N2O2/c1-13(16-11-14-7-4-5-8-15(14)19-16)20(2)17(21)18(12-22-3)9-6-10-18/h4-5,7-8,11,13,19H,6,9-10,12H2,1-3H3/t13-/m0/s1. The number of nitrogens with one attached hydrogen (secondary N) is 1. The molecule has 1 heterocycles. The van der Waals surface area contributed by atoms with Crippen LogP contribution in [0.4, 0.5) is 0 Å². The molecule has 1 aromatic carbocycles. The number of carbonyl (C=O) groups is 1. The van der Waals surface area contributed by atoms with E-state index in [1.165, 1.54) is 5.39 Å². The number of hydrogen-bond acceptors (Lipinski definition) is 2. The number of hydrogen-bond donors (Lipinski definition) is 1. The molecule has 1 atom stereocenters. The van der Waals surface area contributed by atoms with Crippen molar-refractivity contribution in [3.05, 3.63) is 36.0 Å². The summed E-state index contributed by atoms with van der Waals surface area (Å²) in [4.78, 5) is 18.2. The lowest BCUT2D eigenvalue weighted by atomic mass is 9.68. The van der Waals surface area contributed by atoms with Crippen molar-refractivity contribution in [2.75, 3.05) is 20.8 Å². The van der Waals surface area contributed by atoms with E-state index < -0.39 is 0 Å². The van der Waals surface area contributed by atoms with Crippen LogP contribution in [0.25, 0.3) is 10.9 Å². The van der Waals surface area contributed by atoms with E-state index in [0.717, 1.165) is 30.5 Å². The number of fused-ring (bicyclic) bond motifs is 1. The minimum absolute atomic E-state index is 0.0224. The molecule has 1 N–H and O–H groups in total. The maximum atomic E-state index is 12.9. The summed E-state index contributed by atoms with van der Waals surface area (Å²) in [6, 6.07) is 10.3. The minimum Gasteiger partial charge on any atom is -0.384 e. The first-order chi connectivity index (χ1) is 10.6. The Morgan fingerprint density at radius 2 is 2.14 bits per heavy atom. The lowest BCUT2D eigenvalue weighted by Gasteiger charge is -2.43. The zero-order valence-electron chi connectivity index (χ0n) is 13.6. The van der Waals surface area contributed by atoms with E-state index in [1.807, 2.05) is 24.1 Å². The summed E-state index contributed by atoms with van der Waals surface area (Å²) in [6.45, 7) is 2.59. The van der Waals surface area contributed by atoms with Crippen molar-refractivity contribution in [1.82, 2.24) is 9.88 Å². The highest BCUT2D eigenvalue weighted by Crippen LogP contribution is 2.43. The molecule has 2 aromatic rings. The molecule has 0 aliphatic heterocycles. The summed E-state index contributed by atoms with van der Waals surface area (Å²) in [6.07, 6.45) is 2.98. The van der Waals surface area contributed by atoms with E-state index in [-0.39, 0.29) is 17.4 Å². The number of nitrogens with zero attached hydrogens (tertiary/aromatic N) is 1. The number of para-hydroxylation sites is 1. The summed E-state index contributed by atoms with van der Waals surface area (Å²) in [5.41, 5.74) is 1.88. The Labute approximate surface area is 131 Å². The van der Waals surface area contributed by atoms with Gasteiger partial charge in [-0.15, -0.1) is 0 Å². The molecule has 4 heteroatoms. The molecular formula is C18H24N2O2. The van der Waals surface area contributed by atoms with Crippen LogP contribution >= 0.6 is 0 Å². The van der Waals surface area contributed by atoms with Gasteiger partial charge in [-0.2, -0.15) is 0 Å². The Morgan fingerprint density at radius 1 is 1.41 bits per heavy atom. The summed E-state index contributed by atoms with van der Waals surface area (Å²) >= 11 is 0. The average molecular weight is 300 g/mol. The van der Waals surface area contributed by atoms with Crippen LogP contribution in [-0.4, -0.2) is 36.6 Å². The van der Waals surface area contributed by atoms with Crippen molar-refractivity contribution in [2.24, 2.45) is 5.41 Å². The van der Waals surface area contributed by atoms with E-state index in [4.69, 9.17) is 4.74 Å². The van der Waals surface area contributed by atoms with Crippen molar-refractivity contribution in [1.29, 1.82) is 0 Å². The molecule has 4 nitrogen and oxygen atoms in total. The summed E-state index contributed by atoms with van der Waals surface area (Å²) in [7, 11) is 3.57. The summed E-state index contributed by atoms with van der Waals surface area (Å²) in [5, 5.41) is 1.18. The predicted octanol–water partition coefficient (Wildman–Crippen LogP) is 3.50. The monoisotopic (exact) mass is 300 g/mol. The molecule has 1 fully saturated rings. The third kappa shape index (κ3) is 2.41.